The smallest absolute Gasteiger partial charge is 0.333 e. The summed E-state index contributed by atoms with van der Waals surface area (Å²) in [7, 11) is 1.31. The monoisotopic (exact) mass is 1570 g/mol. The molecule has 622 valence electrons. The molecule has 5 aliphatic carbocycles. The number of benzene rings is 2. The molecular formula is C91H129N3O19. The zero-order valence-corrected chi connectivity index (χ0v) is 69.6. The van der Waals surface area contributed by atoms with E-state index in [9.17, 15) is 47.9 Å². The molecule has 4 saturated carbocycles. The third kappa shape index (κ3) is 34.5. The number of nitrogens with zero attached hydrogens (tertiary/aromatic N) is 3. The molecule has 4 bridgehead atoms. The third-order valence-corrected chi connectivity index (χ3v) is 21.1. The summed E-state index contributed by atoms with van der Waals surface area (Å²) in [5.74, 6) is 3.30. The van der Waals surface area contributed by atoms with Gasteiger partial charge in [0, 0.05) is 102 Å². The number of allylic oxidation sites excluding steroid dienone is 2. The number of ether oxygens (including phenoxy) is 9. The molecule has 7 unspecified atom stereocenters. The minimum atomic E-state index is -0.488. The second-order valence-corrected chi connectivity index (χ2v) is 31.3. The fourth-order valence-corrected chi connectivity index (χ4v) is 13.7. The van der Waals surface area contributed by atoms with E-state index in [1.54, 1.807) is 53.8 Å². The molecule has 3 heterocycles. The number of fused-ring (bicyclic) bond motifs is 7. The second-order valence-electron chi connectivity index (χ2n) is 31.3. The second kappa shape index (κ2) is 50.2. The molecule has 0 spiro atoms. The van der Waals surface area contributed by atoms with E-state index in [-0.39, 0.29) is 73.7 Å². The van der Waals surface area contributed by atoms with Gasteiger partial charge in [-0.15, -0.1) is 0 Å². The highest BCUT2D eigenvalue weighted by Gasteiger charge is 2.63. The van der Waals surface area contributed by atoms with E-state index in [2.05, 4.69) is 154 Å². The minimum absolute atomic E-state index is 0.00306. The standard InChI is InChI=1S/C20H22O3.C13H20O4.C13H20O2.C11H16O4.C10H14.C7H11NO2.C7H11NO.C6H9NO.C4H6O2/c1-4-19(21)23-15-14-22-18-12-10-17(11-13-18)20(2,3)16-8-6-5-7-9-16;1-9(2)11(14)16-7-13(5,6)8-17-12(15)10(3)4;1-5-11(14)15-10-8-9-6-7-13(10,4)12(9,2)3;1-5-9(12)14-7-11(3,4)8-15-10(13)6-2;1-2-9-7-4-5-8(6-7)10(9)3-1;1-2-7(9)8-3-5-10-6-4-8;1-2-8-6-4-3-5-7(8)9;1-2-7-5-3-4-6(7)8;1-3-4(5)6-2/h4-13H,1,14-15H2,2-3H3;1,3,7-8H2,2,4-6H3;5,9-10H,1,6-8H2,2-4H3;5-6H,1-2,7-8H2,3-4H3;1-2,7-10H,3-6H2;2H,1,3-6H2;2H,1,3-6H2;2H,1,3-5H2;3H,1H2,2H3. The van der Waals surface area contributed by atoms with Crippen LogP contribution in [0.3, 0.4) is 0 Å². The SMILES string of the molecule is C1=CC2C3CCC(C3)C2C1.C=C(C)C(=O)OCC(C)(C)COC(=O)C(=C)C.C=CC(=O)N1CCOCC1.C=CC(=O)OC.C=CC(=O)OC1CC2CCC1(C)C2(C)C.C=CC(=O)OCC(C)(C)COC(=O)C=C.C=CC(=O)OCCOc1ccc(C(C)(C)c2ccccc2)cc1.C=CN1CCCC1=O.C=CN1CCCCC1=O. The summed E-state index contributed by atoms with van der Waals surface area (Å²) in [6, 6.07) is 18.4. The molecule has 0 radical (unpaired) electrons. The highest BCUT2D eigenvalue weighted by molar-refractivity contribution is 5.88. The summed E-state index contributed by atoms with van der Waals surface area (Å²) in [6.45, 7) is 61.3. The molecule has 2 aromatic rings. The van der Waals surface area contributed by atoms with Crippen molar-refractivity contribution in [3.05, 3.63) is 204 Å². The van der Waals surface area contributed by atoms with Gasteiger partial charge in [-0.25, -0.2) is 33.6 Å². The molecule has 22 heteroatoms. The molecule has 0 aromatic heterocycles. The number of piperidine rings is 1. The fraction of sp³-hybridized carbons (Fsp3) is 0.516. The van der Waals surface area contributed by atoms with Crippen LogP contribution < -0.4 is 4.74 Å². The maximum atomic E-state index is 11.3. The van der Waals surface area contributed by atoms with Crippen LogP contribution in [0.1, 0.15) is 164 Å². The molecular weight excluding hydrogens is 1440 g/mol. The van der Waals surface area contributed by atoms with Gasteiger partial charge in [0.2, 0.25) is 17.7 Å². The molecule has 3 saturated heterocycles. The molecule has 2 aromatic carbocycles. The van der Waals surface area contributed by atoms with E-state index in [1.807, 2.05) is 45.9 Å². The fourth-order valence-electron chi connectivity index (χ4n) is 13.7. The van der Waals surface area contributed by atoms with Gasteiger partial charge >= 0.3 is 41.8 Å². The van der Waals surface area contributed by atoms with Crippen LogP contribution in [-0.4, -0.2) is 166 Å². The highest BCUT2D eigenvalue weighted by atomic mass is 16.6. The van der Waals surface area contributed by atoms with E-state index in [0.717, 1.165) is 92.5 Å². The van der Waals surface area contributed by atoms with Gasteiger partial charge in [-0.3, -0.25) is 14.4 Å². The van der Waals surface area contributed by atoms with Crippen molar-refractivity contribution >= 4 is 59.5 Å². The van der Waals surface area contributed by atoms with Crippen LogP contribution in [0.5, 0.6) is 5.75 Å². The van der Waals surface area contributed by atoms with Gasteiger partial charge in [0.1, 0.15) is 25.1 Å². The summed E-state index contributed by atoms with van der Waals surface area (Å²) >= 11 is 0. The lowest BCUT2D eigenvalue weighted by atomic mass is 9.70. The van der Waals surface area contributed by atoms with Crippen LogP contribution >= 0.6 is 0 Å². The zero-order valence-electron chi connectivity index (χ0n) is 69.6. The number of amides is 3. The van der Waals surface area contributed by atoms with Gasteiger partial charge in [-0.05, 0) is 155 Å². The van der Waals surface area contributed by atoms with E-state index in [0.29, 0.717) is 68.2 Å². The van der Waals surface area contributed by atoms with Gasteiger partial charge < -0.3 is 57.3 Å². The molecule has 10 rings (SSSR count). The topological polar surface area (TPSA) is 263 Å². The van der Waals surface area contributed by atoms with Crippen molar-refractivity contribution in [1.29, 1.82) is 0 Å². The number of rotatable bonds is 25. The summed E-state index contributed by atoms with van der Waals surface area (Å²) in [5, 5.41) is 0. The highest BCUT2D eigenvalue weighted by Crippen LogP contribution is 2.66. The van der Waals surface area contributed by atoms with Gasteiger partial charge in [0.25, 0.3) is 0 Å². The Morgan fingerprint density at radius 1 is 0.549 bits per heavy atom. The van der Waals surface area contributed by atoms with Gasteiger partial charge in [-0.2, -0.15) is 0 Å². The Hall–Kier alpha value is -9.96. The Balaban J connectivity index is 0.000000442. The Labute approximate surface area is 673 Å². The quantitative estimate of drug-likeness (QED) is 0.0294. The minimum Gasteiger partial charge on any atom is -0.490 e. The number of methoxy groups -OCH3 is 1. The largest absolute Gasteiger partial charge is 0.490 e. The summed E-state index contributed by atoms with van der Waals surface area (Å²) in [6.07, 6.45) is 29.4. The lowest BCUT2D eigenvalue weighted by Crippen LogP contribution is -2.39. The van der Waals surface area contributed by atoms with Gasteiger partial charge in [0.15, 0.2) is 0 Å². The number of hydrogen-bond donors (Lipinski definition) is 0. The number of carbonyl (C=O) groups excluding carboxylic acids is 10. The molecule has 3 aliphatic heterocycles. The van der Waals surface area contributed by atoms with Crippen LogP contribution in [-0.2, 0) is 91.3 Å². The molecule has 3 amide bonds. The Morgan fingerprint density at radius 2 is 1.03 bits per heavy atom. The van der Waals surface area contributed by atoms with Crippen molar-refractivity contribution in [2.24, 2.45) is 51.2 Å². The maximum Gasteiger partial charge on any atom is 0.333 e. The van der Waals surface area contributed by atoms with Crippen LogP contribution in [0.15, 0.2) is 193 Å². The van der Waals surface area contributed by atoms with Crippen LogP contribution in [0.4, 0.5) is 0 Å². The molecule has 22 nitrogen and oxygen atoms in total. The van der Waals surface area contributed by atoms with E-state index >= 15 is 0 Å². The van der Waals surface area contributed by atoms with E-state index in [4.69, 9.17) is 37.9 Å². The van der Waals surface area contributed by atoms with Crippen LogP contribution in [0.2, 0.25) is 0 Å². The first-order chi connectivity index (χ1) is 53.3. The summed E-state index contributed by atoms with van der Waals surface area (Å²) in [5.41, 5.74) is 2.72. The number of likely N-dealkylation sites (tertiary alicyclic amines) is 2. The Kier molecular flexibility index (Phi) is 44.0. The van der Waals surface area contributed by atoms with Crippen molar-refractivity contribution in [3.8, 4) is 5.75 Å². The first-order valence-corrected chi connectivity index (χ1v) is 38.7. The lowest BCUT2D eigenvalue weighted by molar-refractivity contribution is -0.151. The molecule has 113 heavy (non-hydrogen) atoms. The molecule has 7 fully saturated rings. The average Bonchev–Trinajstić information content (AvgIpc) is 1.56. The van der Waals surface area contributed by atoms with Crippen LogP contribution in [0.25, 0.3) is 0 Å². The van der Waals surface area contributed by atoms with Crippen molar-refractivity contribution in [1.82, 2.24) is 14.7 Å². The first-order valence-electron chi connectivity index (χ1n) is 38.7. The van der Waals surface area contributed by atoms with Crippen molar-refractivity contribution < 1.29 is 90.6 Å². The number of carbonyl (C=O) groups is 10. The Morgan fingerprint density at radius 3 is 1.44 bits per heavy atom. The normalized spacial score (nSPS) is 20.6. The predicted molar refractivity (Wildman–Crippen MR) is 441 cm³/mol. The summed E-state index contributed by atoms with van der Waals surface area (Å²) in [4.78, 5) is 114. The van der Waals surface area contributed by atoms with Crippen molar-refractivity contribution in [3.63, 3.8) is 0 Å². The number of morpholine rings is 1. The lowest BCUT2D eigenvalue weighted by Gasteiger charge is -2.38. The molecule has 8 aliphatic rings. The molecule has 7 atom stereocenters. The summed E-state index contributed by atoms with van der Waals surface area (Å²) < 4.78 is 44.8. The number of esters is 7. The predicted octanol–water partition coefficient (Wildman–Crippen LogP) is 15.7. The van der Waals surface area contributed by atoms with Gasteiger partial charge in [0.05, 0.1) is 46.8 Å². The van der Waals surface area contributed by atoms with E-state index < -0.39 is 46.6 Å². The average molecular weight is 1570 g/mol. The van der Waals surface area contributed by atoms with Crippen LogP contribution in [0, 0.1) is 51.2 Å². The maximum absolute atomic E-state index is 11.3. The Bertz CT molecular complexity index is 3520. The van der Waals surface area contributed by atoms with Gasteiger partial charge in [-0.1, -0.05) is 183 Å². The first kappa shape index (κ1) is 99.1. The zero-order chi connectivity index (χ0) is 85.1. The van der Waals surface area contributed by atoms with E-state index in [1.165, 1.54) is 56.1 Å². The third-order valence-electron chi connectivity index (χ3n) is 21.1. The van der Waals surface area contributed by atoms with Crippen molar-refractivity contribution in [2.75, 3.05) is 86.1 Å². The van der Waals surface area contributed by atoms with Crippen molar-refractivity contribution in [2.45, 2.75) is 165 Å². The molecule has 0 N–H and O–H groups in total. The number of hydrogen-bond acceptors (Lipinski definition) is 19.